The number of rotatable bonds is 5. The molecular formula is C24H33N3O3S. The number of fused-ring (bicyclic) bond motifs is 1. The van der Waals surface area contributed by atoms with Gasteiger partial charge < -0.3 is 5.11 Å². The van der Waals surface area contributed by atoms with Gasteiger partial charge in [0.15, 0.2) is 9.84 Å². The third-order valence-corrected chi connectivity index (χ3v) is 7.21. The van der Waals surface area contributed by atoms with Crippen LogP contribution in [-0.2, 0) is 20.7 Å². The summed E-state index contributed by atoms with van der Waals surface area (Å²) < 4.78 is 25.2. The zero-order valence-electron chi connectivity index (χ0n) is 19.5. The number of phenolic OH excluding ortho intramolecular Hbond substituents is 1. The summed E-state index contributed by atoms with van der Waals surface area (Å²) in [5, 5.41) is 20.3. The summed E-state index contributed by atoms with van der Waals surface area (Å²) in [6, 6.07) is 8.71. The van der Waals surface area contributed by atoms with Crippen LogP contribution in [0.15, 0.2) is 35.2 Å². The summed E-state index contributed by atoms with van der Waals surface area (Å²) in [7, 11) is -3.35. The van der Waals surface area contributed by atoms with Gasteiger partial charge in [-0.05, 0) is 47.1 Å². The van der Waals surface area contributed by atoms with Crippen molar-refractivity contribution in [2.45, 2.75) is 77.0 Å². The Balaban J connectivity index is 2.17. The van der Waals surface area contributed by atoms with Crippen molar-refractivity contribution in [3.8, 4) is 11.4 Å². The quantitative estimate of drug-likeness (QED) is 0.579. The number of hydrogen-bond acceptors (Lipinski definition) is 5. The van der Waals surface area contributed by atoms with Gasteiger partial charge in [0.25, 0.3) is 0 Å². The molecule has 31 heavy (non-hydrogen) atoms. The Morgan fingerprint density at radius 3 is 2.16 bits per heavy atom. The molecule has 168 valence electrons. The van der Waals surface area contributed by atoms with Crippen LogP contribution in [0.25, 0.3) is 16.7 Å². The molecule has 0 fully saturated rings. The SMILES string of the molecule is CCCCS(=O)(=O)c1ccc2nn(-c3ccc(C(C)(C)C)c(O)c3C(C)(C)C)nc2c1. The molecule has 0 bridgehead atoms. The van der Waals surface area contributed by atoms with Crippen molar-refractivity contribution in [2.75, 3.05) is 5.75 Å². The van der Waals surface area contributed by atoms with Gasteiger partial charge in [-0.1, -0.05) is 61.0 Å². The molecule has 0 aliphatic carbocycles. The van der Waals surface area contributed by atoms with Crippen molar-refractivity contribution < 1.29 is 13.5 Å². The zero-order chi connectivity index (χ0) is 23.2. The molecular weight excluding hydrogens is 410 g/mol. The molecule has 7 heteroatoms. The van der Waals surface area contributed by atoms with E-state index in [9.17, 15) is 13.5 Å². The second-order valence-electron chi connectivity index (χ2n) is 10.2. The third-order valence-electron chi connectivity index (χ3n) is 5.41. The van der Waals surface area contributed by atoms with Crippen molar-refractivity contribution in [3.63, 3.8) is 0 Å². The van der Waals surface area contributed by atoms with Crippen molar-refractivity contribution in [3.05, 3.63) is 41.5 Å². The van der Waals surface area contributed by atoms with Gasteiger partial charge in [0.2, 0.25) is 0 Å². The van der Waals surface area contributed by atoms with Crippen LogP contribution in [0.4, 0.5) is 0 Å². The van der Waals surface area contributed by atoms with Crippen molar-refractivity contribution in [2.24, 2.45) is 0 Å². The number of sulfone groups is 1. The maximum atomic E-state index is 12.6. The van der Waals surface area contributed by atoms with E-state index >= 15 is 0 Å². The number of phenols is 1. The molecule has 3 aromatic rings. The molecule has 2 aromatic carbocycles. The monoisotopic (exact) mass is 443 g/mol. The summed E-state index contributed by atoms with van der Waals surface area (Å²) in [6.07, 6.45) is 1.45. The first-order chi connectivity index (χ1) is 14.3. The van der Waals surface area contributed by atoms with Gasteiger partial charge in [-0.3, -0.25) is 0 Å². The Bertz CT molecular complexity index is 1210. The van der Waals surface area contributed by atoms with E-state index in [1.54, 1.807) is 18.2 Å². The predicted molar refractivity (Wildman–Crippen MR) is 125 cm³/mol. The molecule has 1 N–H and O–H groups in total. The van der Waals surface area contributed by atoms with Gasteiger partial charge in [0.05, 0.1) is 16.3 Å². The van der Waals surface area contributed by atoms with Crippen LogP contribution in [-0.4, -0.2) is 34.3 Å². The topological polar surface area (TPSA) is 85.1 Å². The average molecular weight is 444 g/mol. The van der Waals surface area contributed by atoms with E-state index in [2.05, 4.69) is 31.0 Å². The Hall–Kier alpha value is -2.41. The van der Waals surface area contributed by atoms with Gasteiger partial charge >= 0.3 is 0 Å². The van der Waals surface area contributed by atoms with E-state index in [0.29, 0.717) is 23.1 Å². The maximum absolute atomic E-state index is 12.6. The molecule has 1 aromatic heterocycles. The highest BCUT2D eigenvalue weighted by atomic mass is 32.2. The summed E-state index contributed by atoms with van der Waals surface area (Å²) >= 11 is 0. The minimum atomic E-state index is -3.35. The lowest BCUT2D eigenvalue weighted by Gasteiger charge is -2.28. The van der Waals surface area contributed by atoms with Crippen molar-refractivity contribution >= 4 is 20.9 Å². The molecule has 6 nitrogen and oxygen atoms in total. The molecule has 0 saturated heterocycles. The molecule has 0 atom stereocenters. The van der Waals surface area contributed by atoms with Crippen LogP contribution in [0.1, 0.15) is 72.4 Å². The standard InChI is InChI=1S/C24H33N3O3S/c1-8-9-14-31(29,30)16-10-12-18-19(15-16)26-27(25-18)20-13-11-17(23(2,3)4)22(28)21(20)24(5,6)7/h10-13,15,28H,8-9,14H2,1-7H3. The summed E-state index contributed by atoms with van der Waals surface area (Å²) in [5.41, 5.74) is 2.86. The molecule has 0 spiro atoms. The lowest BCUT2D eigenvalue weighted by atomic mass is 9.78. The Labute approximate surface area is 185 Å². The van der Waals surface area contributed by atoms with Gasteiger partial charge in [-0.25, -0.2) is 8.42 Å². The summed E-state index contributed by atoms with van der Waals surface area (Å²) in [4.78, 5) is 1.77. The van der Waals surface area contributed by atoms with Crippen molar-refractivity contribution in [1.82, 2.24) is 15.0 Å². The average Bonchev–Trinajstić information content (AvgIpc) is 3.07. The second kappa shape index (κ2) is 7.93. The van der Waals surface area contributed by atoms with E-state index in [-0.39, 0.29) is 27.2 Å². The Kier molecular flexibility index (Phi) is 5.95. The number of unbranched alkanes of at least 4 members (excludes halogenated alkanes) is 1. The molecule has 0 aliphatic heterocycles. The Morgan fingerprint density at radius 2 is 1.58 bits per heavy atom. The number of aromatic hydroxyl groups is 1. The van der Waals surface area contributed by atoms with Gasteiger partial charge in [-0.2, -0.15) is 0 Å². The van der Waals surface area contributed by atoms with Crippen LogP contribution in [0.5, 0.6) is 5.75 Å². The van der Waals surface area contributed by atoms with Crippen molar-refractivity contribution in [1.29, 1.82) is 0 Å². The van der Waals surface area contributed by atoms with Crippen LogP contribution in [0.3, 0.4) is 0 Å². The fraction of sp³-hybridized carbons (Fsp3) is 0.500. The first-order valence-corrected chi connectivity index (χ1v) is 12.4. The summed E-state index contributed by atoms with van der Waals surface area (Å²) in [5.74, 6) is 0.376. The second-order valence-corrected chi connectivity index (χ2v) is 12.3. The number of benzene rings is 2. The molecule has 0 radical (unpaired) electrons. The van der Waals surface area contributed by atoms with E-state index in [1.165, 1.54) is 4.80 Å². The van der Waals surface area contributed by atoms with Gasteiger partial charge in [0, 0.05) is 5.56 Å². The first-order valence-electron chi connectivity index (χ1n) is 10.7. The normalized spacial score (nSPS) is 13.1. The fourth-order valence-corrected chi connectivity index (χ4v) is 5.21. The number of hydrogen-bond donors (Lipinski definition) is 1. The molecule has 0 aliphatic rings. The number of nitrogens with zero attached hydrogens (tertiary/aromatic N) is 3. The van der Waals surface area contributed by atoms with E-state index in [4.69, 9.17) is 0 Å². The highest BCUT2D eigenvalue weighted by Gasteiger charge is 2.29. The van der Waals surface area contributed by atoms with E-state index < -0.39 is 9.84 Å². The predicted octanol–water partition coefficient (Wildman–Crippen LogP) is 5.29. The van der Waals surface area contributed by atoms with E-state index in [0.717, 1.165) is 17.5 Å². The van der Waals surface area contributed by atoms with Crippen LogP contribution >= 0.6 is 0 Å². The lowest BCUT2D eigenvalue weighted by molar-refractivity contribution is 0.421. The largest absolute Gasteiger partial charge is 0.507 e. The molecule has 0 amide bonds. The van der Waals surface area contributed by atoms with Crippen LogP contribution in [0, 0.1) is 0 Å². The minimum absolute atomic E-state index is 0.124. The zero-order valence-corrected chi connectivity index (χ0v) is 20.3. The van der Waals surface area contributed by atoms with Crippen LogP contribution < -0.4 is 0 Å². The maximum Gasteiger partial charge on any atom is 0.178 e. The highest BCUT2D eigenvalue weighted by Crippen LogP contribution is 2.42. The molecule has 0 unspecified atom stereocenters. The lowest BCUT2D eigenvalue weighted by Crippen LogP contribution is -2.20. The minimum Gasteiger partial charge on any atom is -0.507 e. The molecule has 1 heterocycles. The van der Waals surface area contributed by atoms with Gasteiger partial charge in [-0.15, -0.1) is 15.0 Å². The highest BCUT2D eigenvalue weighted by molar-refractivity contribution is 7.91. The fourth-order valence-electron chi connectivity index (χ4n) is 3.74. The molecule has 3 rings (SSSR count). The third kappa shape index (κ3) is 4.61. The van der Waals surface area contributed by atoms with E-state index in [1.807, 2.05) is 39.8 Å². The number of aromatic nitrogens is 3. The Morgan fingerprint density at radius 1 is 0.935 bits per heavy atom. The summed E-state index contributed by atoms with van der Waals surface area (Å²) in [6.45, 7) is 14.3. The molecule has 0 saturated carbocycles. The van der Waals surface area contributed by atoms with Gasteiger partial charge in [0.1, 0.15) is 16.8 Å². The smallest absolute Gasteiger partial charge is 0.178 e. The first kappa shape index (κ1) is 23.3. The van der Waals surface area contributed by atoms with Crippen LogP contribution in [0.2, 0.25) is 0 Å².